The molecular formula is C24H22F2N6O3. The first-order valence-corrected chi connectivity index (χ1v) is 11.1. The maximum Gasteiger partial charge on any atom is 0.387 e. The van der Waals surface area contributed by atoms with Crippen LogP contribution in [0, 0.1) is 5.92 Å². The molecule has 11 heteroatoms. The number of hydrogen-bond donors (Lipinski definition) is 2. The zero-order chi connectivity index (χ0) is 24.2. The lowest BCUT2D eigenvalue weighted by atomic mass is 10.1. The Kier molecular flexibility index (Phi) is 6.38. The molecular weight excluding hydrogens is 458 g/mol. The van der Waals surface area contributed by atoms with Crippen LogP contribution in [0.25, 0.3) is 11.4 Å². The van der Waals surface area contributed by atoms with E-state index in [4.69, 9.17) is 4.74 Å². The minimum Gasteiger partial charge on any atom is -0.489 e. The summed E-state index contributed by atoms with van der Waals surface area (Å²) in [5.74, 6) is 1.01. The molecule has 9 nitrogen and oxygen atoms in total. The lowest BCUT2D eigenvalue weighted by molar-refractivity contribution is -0.0515. The number of H-pyrrole nitrogens is 2. The molecule has 5 rings (SSSR count). The van der Waals surface area contributed by atoms with Gasteiger partial charge >= 0.3 is 6.61 Å². The number of aromatic amines is 2. The monoisotopic (exact) mass is 480 g/mol. The van der Waals surface area contributed by atoms with E-state index in [1.54, 1.807) is 30.5 Å². The smallest absolute Gasteiger partial charge is 0.387 e. The summed E-state index contributed by atoms with van der Waals surface area (Å²) in [6.45, 7) is -2.34. The molecule has 2 N–H and O–H groups in total. The number of alkyl halides is 2. The summed E-state index contributed by atoms with van der Waals surface area (Å²) in [6.07, 6.45) is 3.67. The van der Waals surface area contributed by atoms with Crippen LogP contribution in [0.15, 0.2) is 65.6 Å². The first kappa shape index (κ1) is 22.5. The van der Waals surface area contributed by atoms with Crippen molar-refractivity contribution in [2.24, 2.45) is 5.92 Å². The highest BCUT2D eigenvalue weighted by atomic mass is 19.3. The Bertz CT molecular complexity index is 1340. The van der Waals surface area contributed by atoms with Crippen molar-refractivity contribution in [1.29, 1.82) is 0 Å². The van der Waals surface area contributed by atoms with E-state index in [9.17, 15) is 13.6 Å². The molecule has 0 atom stereocenters. The van der Waals surface area contributed by atoms with E-state index in [-0.39, 0.29) is 23.6 Å². The lowest BCUT2D eigenvalue weighted by Crippen LogP contribution is -2.22. The first-order valence-electron chi connectivity index (χ1n) is 11.1. The molecule has 0 spiro atoms. The van der Waals surface area contributed by atoms with Gasteiger partial charge in [0.05, 0.1) is 13.2 Å². The molecule has 2 heterocycles. The van der Waals surface area contributed by atoms with E-state index in [2.05, 4.69) is 30.3 Å². The standard InChI is InChI=1S/C24H22F2N6O3/c25-24(26)35-20-9-8-19(12-21(20)34-14-15-6-7-15)32(13-17-4-2-10-27-23(17)33)18-5-1-3-16(11-18)22-28-30-31-29-22/h1-5,8-12,15,24H,6-7,13-14H2,(H,27,33)(H,28,29,30,31). The first-order chi connectivity index (χ1) is 17.1. The molecule has 2 aromatic heterocycles. The fourth-order valence-electron chi connectivity index (χ4n) is 3.64. The molecule has 1 aliphatic carbocycles. The van der Waals surface area contributed by atoms with Crippen LogP contribution in [0.5, 0.6) is 11.5 Å². The normalized spacial score (nSPS) is 13.1. The number of halogens is 2. The Morgan fingerprint density at radius 3 is 2.66 bits per heavy atom. The minimum absolute atomic E-state index is 0.0394. The summed E-state index contributed by atoms with van der Waals surface area (Å²) in [6, 6.07) is 15.6. The highest BCUT2D eigenvalue weighted by molar-refractivity contribution is 5.71. The molecule has 0 unspecified atom stereocenters. The third-order valence-electron chi connectivity index (χ3n) is 5.62. The summed E-state index contributed by atoms with van der Waals surface area (Å²) in [7, 11) is 0. The van der Waals surface area contributed by atoms with Gasteiger partial charge in [-0.3, -0.25) is 4.79 Å². The molecule has 0 radical (unpaired) electrons. The maximum atomic E-state index is 13.0. The van der Waals surface area contributed by atoms with E-state index in [1.807, 2.05) is 29.2 Å². The lowest BCUT2D eigenvalue weighted by Gasteiger charge is -2.26. The summed E-state index contributed by atoms with van der Waals surface area (Å²) in [4.78, 5) is 17.0. The van der Waals surface area contributed by atoms with Crippen LogP contribution >= 0.6 is 0 Å². The van der Waals surface area contributed by atoms with Gasteiger partial charge in [-0.15, -0.1) is 10.2 Å². The molecule has 0 bridgehead atoms. The van der Waals surface area contributed by atoms with Gasteiger partial charge in [0.25, 0.3) is 5.56 Å². The topological polar surface area (TPSA) is 109 Å². The molecule has 1 fully saturated rings. The number of ether oxygens (including phenoxy) is 2. The number of nitrogens with one attached hydrogen (secondary N) is 2. The predicted octanol–water partition coefficient (Wildman–Crippen LogP) is 4.28. The van der Waals surface area contributed by atoms with Gasteiger partial charge in [0.1, 0.15) is 0 Å². The third kappa shape index (κ3) is 5.45. The highest BCUT2D eigenvalue weighted by Gasteiger charge is 2.24. The second-order valence-electron chi connectivity index (χ2n) is 8.16. The summed E-state index contributed by atoms with van der Waals surface area (Å²) >= 11 is 0. The van der Waals surface area contributed by atoms with Crippen molar-refractivity contribution in [3.05, 3.63) is 76.7 Å². The van der Waals surface area contributed by atoms with Crippen LogP contribution in [0.3, 0.4) is 0 Å². The number of nitrogens with zero attached hydrogens (tertiary/aromatic N) is 4. The maximum absolute atomic E-state index is 13.0. The second kappa shape index (κ2) is 9.92. The van der Waals surface area contributed by atoms with E-state index in [0.29, 0.717) is 35.2 Å². The van der Waals surface area contributed by atoms with Crippen molar-refractivity contribution in [3.8, 4) is 22.9 Å². The zero-order valence-electron chi connectivity index (χ0n) is 18.5. The Morgan fingerprint density at radius 1 is 1.06 bits per heavy atom. The number of pyridine rings is 1. The van der Waals surface area contributed by atoms with Crippen molar-refractivity contribution < 1.29 is 18.3 Å². The summed E-state index contributed by atoms with van der Waals surface area (Å²) < 4.78 is 36.5. The number of tetrazole rings is 1. The van der Waals surface area contributed by atoms with Gasteiger partial charge in [0.2, 0.25) is 5.82 Å². The third-order valence-corrected chi connectivity index (χ3v) is 5.62. The van der Waals surface area contributed by atoms with Gasteiger partial charge in [-0.1, -0.05) is 18.2 Å². The molecule has 1 saturated carbocycles. The zero-order valence-corrected chi connectivity index (χ0v) is 18.5. The number of benzene rings is 2. The largest absolute Gasteiger partial charge is 0.489 e. The molecule has 1 aliphatic rings. The average Bonchev–Trinajstić information content (AvgIpc) is 3.53. The van der Waals surface area contributed by atoms with Crippen LogP contribution in [0.2, 0.25) is 0 Å². The molecule has 0 amide bonds. The van der Waals surface area contributed by atoms with Gasteiger partial charge in [-0.2, -0.15) is 14.0 Å². The second-order valence-corrected chi connectivity index (χ2v) is 8.16. The molecule has 180 valence electrons. The van der Waals surface area contributed by atoms with E-state index in [1.165, 1.54) is 6.07 Å². The Balaban J connectivity index is 1.56. The highest BCUT2D eigenvalue weighted by Crippen LogP contribution is 2.38. The van der Waals surface area contributed by atoms with Crippen molar-refractivity contribution in [3.63, 3.8) is 0 Å². The molecule has 35 heavy (non-hydrogen) atoms. The van der Waals surface area contributed by atoms with Gasteiger partial charge < -0.3 is 19.4 Å². The van der Waals surface area contributed by atoms with Gasteiger partial charge in [-0.05, 0) is 54.3 Å². The number of hydrogen-bond acceptors (Lipinski definition) is 7. The van der Waals surface area contributed by atoms with Crippen LogP contribution in [0.4, 0.5) is 20.2 Å². The van der Waals surface area contributed by atoms with E-state index < -0.39 is 6.61 Å². The number of rotatable bonds is 10. The quantitative estimate of drug-likeness (QED) is 0.349. The molecule has 0 saturated heterocycles. The van der Waals surface area contributed by atoms with Gasteiger partial charge in [0.15, 0.2) is 11.5 Å². The summed E-state index contributed by atoms with van der Waals surface area (Å²) in [5, 5.41) is 14.1. The molecule has 2 aromatic carbocycles. The predicted molar refractivity (Wildman–Crippen MR) is 124 cm³/mol. The van der Waals surface area contributed by atoms with Crippen molar-refractivity contribution in [2.45, 2.75) is 26.0 Å². The van der Waals surface area contributed by atoms with E-state index in [0.717, 1.165) is 18.5 Å². The average molecular weight is 480 g/mol. The summed E-state index contributed by atoms with van der Waals surface area (Å²) in [5.41, 5.74) is 2.36. The Labute approximate surface area is 198 Å². The van der Waals surface area contributed by atoms with Crippen LogP contribution in [0.1, 0.15) is 18.4 Å². The number of anilines is 2. The SMILES string of the molecule is O=c1[nH]cccc1CN(c1cccc(-c2nn[nH]n2)c1)c1ccc(OC(F)F)c(OCC2CC2)c1. The van der Waals surface area contributed by atoms with Crippen molar-refractivity contribution >= 4 is 11.4 Å². The van der Waals surface area contributed by atoms with Gasteiger partial charge in [-0.25, -0.2) is 0 Å². The van der Waals surface area contributed by atoms with Crippen molar-refractivity contribution in [2.75, 3.05) is 11.5 Å². The number of aromatic nitrogens is 5. The van der Waals surface area contributed by atoms with E-state index >= 15 is 0 Å². The van der Waals surface area contributed by atoms with Crippen molar-refractivity contribution in [1.82, 2.24) is 25.6 Å². The fraction of sp³-hybridized carbons (Fsp3) is 0.250. The fourth-order valence-corrected chi connectivity index (χ4v) is 3.64. The minimum atomic E-state index is -2.98. The molecule has 0 aliphatic heterocycles. The van der Waals surface area contributed by atoms with Crippen LogP contribution < -0.4 is 19.9 Å². The Hall–Kier alpha value is -4.28. The molecule has 4 aromatic rings. The van der Waals surface area contributed by atoms with Gasteiger partial charge in [0, 0.05) is 34.8 Å². The van der Waals surface area contributed by atoms with Crippen LogP contribution in [-0.4, -0.2) is 38.8 Å². The Morgan fingerprint density at radius 2 is 1.91 bits per heavy atom. The van der Waals surface area contributed by atoms with Crippen LogP contribution in [-0.2, 0) is 6.54 Å².